The Balaban J connectivity index is 2.06. The molecule has 1 aromatic carbocycles. The molecule has 0 unspecified atom stereocenters. The lowest BCUT2D eigenvalue weighted by Gasteiger charge is -2.12. The fraction of sp³-hybridized carbons (Fsp3) is 0.231. The number of rotatable bonds is 5. The molecule has 0 radical (unpaired) electrons. The zero-order chi connectivity index (χ0) is 13.8. The minimum atomic E-state index is 0.300. The summed E-state index contributed by atoms with van der Waals surface area (Å²) in [7, 11) is 1.93. The van der Waals surface area contributed by atoms with Gasteiger partial charge in [-0.3, -0.25) is 4.68 Å². The second-order valence-electron chi connectivity index (χ2n) is 4.15. The predicted octanol–water partition coefficient (Wildman–Crippen LogP) is 2.36. The van der Waals surface area contributed by atoms with Crippen LogP contribution in [0.15, 0.2) is 30.5 Å². The molecule has 0 bridgehead atoms. The van der Waals surface area contributed by atoms with E-state index in [0.717, 1.165) is 24.3 Å². The lowest BCUT2D eigenvalue weighted by Crippen LogP contribution is -2.15. The monoisotopic (exact) mass is 294 g/mol. The zero-order valence-corrected chi connectivity index (χ0v) is 12.1. The highest BCUT2D eigenvalue weighted by Gasteiger charge is 2.09. The first-order chi connectivity index (χ1) is 9.09. The molecule has 2 rings (SSSR count). The van der Waals surface area contributed by atoms with Crippen LogP contribution in [0, 0.1) is 0 Å². The normalized spacial score (nSPS) is 10.4. The van der Waals surface area contributed by atoms with Gasteiger partial charge in [0, 0.05) is 37.6 Å². The van der Waals surface area contributed by atoms with E-state index < -0.39 is 0 Å². The molecule has 0 saturated carbocycles. The lowest BCUT2D eigenvalue weighted by molar-refractivity contribution is 0.711. The molecular formula is C13H15ClN4S. The van der Waals surface area contributed by atoms with E-state index in [4.69, 9.17) is 29.6 Å². The molecule has 0 saturated heterocycles. The fourth-order valence-corrected chi connectivity index (χ4v) is 2.45. The van der Waals surface area contributed by atoms with E-state index in [9.17, 15) is 0 Å². The van der Waals surface area contributed by atoms with Crippen molar-refractivity contribution in [3.05, 3.63) is 46.7 Å². The van der Waals surface area contributed by atoms with Crippen molar-refractivity contribution >= 4 is 34.5 Å². The number of hydrogen-bond donors (Lipinski definition) is 2. The average Bonchev–Trinajstić information content (AvgIpc) is 2.75. The molecule has 4 nitrogen and oxygen atoms in total. The molecule has 0 fully saturated rings. The number of halogens is 1. The molecule has 100 valence electrons. The van der Waals surface area contributed by atoms with Crippen molar-refractivity contribution in [2.24, 2.45) is 12.8 Å². The van der Waals surface area contributed by atoms with Crippen LogP contribution < -0.4 is 11.1 Å². The van der Waals surface area contributed by atoms with E-state index in [1.54, 1.807) is 12.3 Å². The van der Waals surface area contributed by atoms with Crippen molar-refractivity contribution in [1.29, 1.82) is 0 Å². The van der Waals surface area contributed by atoms with Gasteiger partial charge in [-0.05, 0) is 18.2 Å². The minimum absolute atomic E-state index is 0.300. The van der Waals surface area contributed by atoms with Gasteiger partial charge in [-0.2, -0.15) is 5.10 Å². The number of nitrogens with zero attached hydrogens (tertiary/aromatic N) is 2. The minimum Gasteiger partial charge on any atom is -0.389 e. The molecule has 0 spiro atoms. The Kier molecular flexibility index (Phi) is 4.39. The molecule has 0 aliphatic rings. The highest BCUT2D eigenvalue weighted by molar-refractivity contribution is 7.80. The maximum Gasteiger partial charge on any atom is 0.107 e. The topological polar surface area (TPSA) is 55.9 Å². The Morgan fingerprint density at radius 1 is 1.47 bits per heavy atom. The first-order valence-electron chi connectivity index (χ1n) is 5.88. The van der Waals surface area contributed by atoms with Crippen LogP contribution in [0.25, 0.3) is 0 Å². The quantitative estimate of drug-likeness (QED) is 0.831. The fourth-order valence-electron chi connectivity index (χ4n) is 1.89. The SMILES string of the molecule is Cn1nccc1CCNc1cccc(Cl)c1C(N)=S. The van der Waals surface area contributed by atoms with Crippen molar-refractivity contribution in [1.82, 2.24) is 9.78 Å². The summed E-state index contributed by atoms with van der Waals surface area (Å²) in [5, 5.41) is 8.00. The van der Waals surface area contributed by atoms with Crippen molar-refractivity contribution in [2.75, 3.05) is 11.9 Å². The van der Waals surface area contributed by atoms with Crippen LogP contribution in [0.3, 0.4) is 0 Å². The summed E-state index contributed by atoms with van der Waals surface area (Å²) in [6.45, 7) is 0.759. The number of benzene rings is 1. The van der Waals surface area contributed by atoms with E-state index in [1.807, 2.05) is 29.9 Å². The highest BCUT2D eigenvalue weighted by atomic mass is 35.5. The van der Waals surface area contributed by atoms with Gasteiger partial charge in [-0.25, -0.2) is 0 Å². The van der Waals surface area contributed by atoms with Crippen LogP contribution in [0.1, 0.15) is 11.3 Å². The highest BCUT2D eigenvalue weighted by Crippen LogP contribution is 2.24. The summed E-state index contributed by atoms with van der Waals surface area (Å²) in [5.41, 5.74) is 8.42. The second kappa shape index (κ2) is 6.04. The summed E-state index contributed by atoms with van der Waals surface area (Å²) in [4.78, 5) is 0.300. The zero-order valence-electron chi connectivity index (χ0n) is 10.6. The van der Waals surface area contributed by atoms with E-state index in [-0.39, 0.29) is 0 Å². The maximum atomic E-state index is 6.11. The standard InChI is InChI=1S/C13H15ClN4S/c1-18-9(6-8-17-18)5-7-16-11-4-2-3-10(14)12(11)13(15)19/h2-4,6,8,16H,5,7H2,1H3,(H2,15,19). The van der Waals surface area contributed by atoms with Gasteiger partial charge in [0.05, 0.1) is 10.6 Å². The molecular weight excluding hydrogens is 280 g/mol. The first kappa shape index (κ1) is 13.8. The molecule has 3 N–H and O–H groups in total. The average molecular weight is 295 g/mol. The van der Waals surface area contributed by atoms with Gasteiger partial charge in [0.2, 0.25) is 0 Å². The van der Waals surface area contributed by atoms with Crippen LogP contribution in [0.2, 0.25) is 5.02 Å². The van der Waals surface area contributed by atoms with Crippen molar-refractivity contribution < 1.29 is 0 Å². The molecule has 0 amide bonds. The van der Waals surface area contributed by atoms with Crippen LogP contribution in [0.4, 0.5) is 5.69 Å². The van der Waals surface area contributed by atoms with Gasteiger partial charge in [-0.15, -0.1) is 0 Å². The van der Waals surface area contributed by atoms with Crippen LogP contribution in [0.5, 0.6) is 0 Å². The Morgan fingerprint density at radius 3 is 2.89 bits per heavy atom. The summed E-state index contributed by atoms with van der Waals surface area (Å²) >= 11 is 11.1. The molecule has 2 aromatic rings. The summed E-state index contributed by atoms with van der Waals surface area (Å²) in [5.74, 6) is 0. The summed E-state index contributed by atoms with van der Waals surface area (Å²) in [6.07, 6.45) is 2.65. The summed E-state index contributed by atoms with van der Waals surface area (Å²) < 4.78 is 1.86. The number of anilines is 1. The number of nitrogens with one attached hydrogen (secondary N) is 1. The smallest absolute Gasteiger partial charge is 0.107 e. The van der Waals surface area contributed by atoms with Crippen molar-refractivity contribution in [3.63, 3.8) is 0 Å². The van der Waals surface area contributed by atoms with E-state index in [1.165, 1.54) is 0 Å². The van der Waals surface area contributed by atoms with Crippen LogP contribution in [-0.2, 0) is 13.5 Å². The second-order valence-corrected chi connectivity index (χ2v) is 5.00. The molecule has 1 aromatic heterocycles. The number of nitrogens with two attached hydrogens (primary N) is 1. The first-order valence-corrected chi connectivity index (χ1v) is 6.67. The van der Waals surface area contributed by atoms with Crippen molar-refractivity contribution in [3.8, 4) is 0 Å². The Morgan fingerprint density at radius 2 is 2.26 bits per heavy atom. The van der Waals surface area contributed by atoms with Crippen LogP contribution in [-0.4, -0.2) is 21.3 Å². The van der Waals surface area contributed by atoms with Crippen molar-refractivity contribution in [2.45, 2.75) is 6.42 Å². The third-order valence-corrected chi connectivity index (χ3v) is 3.40. The number of hydrogen-bond acceptors (Lipinski definition) is 3. The number of aromatic nitrogens is 2. The van der Waals surface area contributed by atoms with Gasteiger partial charge in [0.1, 0.15) is 4.99 Å². The maximum absolute atomic E-state index is 6.11. The number of aryl methyl sites for hydroxylation is 1. The van der Waals surface area contributed by atoms with Gasteiger partial charge in [-0.1, -0.05) is 29.9 Å². The Labute approximate surface area is 122 Å². The lowest BCUT2D eigenvalue weighted by atomic mass is 10.1. The molecule has 0 aliphatic heterocycles. The van der Waals surface area contributed by atoms with E-state index in [0.29, 0.717) is 15.6 Å². The largest absolute Gasteiger partial charge is 0.389 e. The molecule has 0 aliphatic carbocycles. The summed E-state index contributed by atoms with van der Waals surface area (Å²) in [6, 6.07) is 7.57. The molecule has 19 heavy (non-hydrogen) atoms. The number of thiocarbonyl (C=S) groups is 1. The third-order valence-electron chi connectivity index (χ3n) is 2.88. The van der Waals surface area contributed by atoms with Crippen LogP contribution >= 0.6 is 23.8 Å². The third kappa shape index (κ3) is 3.24. The van der Waals surface area contributed by atoms with Gasteiger partial charge in [0.25, 0.3) is 0 Å². The van der Waals surface area contributed by atoms with Gasteiger partial charge in [0.15, 0.2) is 0 Å². The predicted molar refractivity (Wildman–Crippen MR) is 82.7 cm³/mol. The molecule has 1 heterocycles. The molecule has 0 atom stereocenters. The van der Waals surface area contributed by atoms with Gasteiger partial charge >= 0.3 is 0 Å². The van der Waals surface area contributed by atoms with Gasteiger partial charge < -0.3 is 11.1 Å². The van der Waals surface area contributed by atoms with E-state index in [2.05, 4.69) is 10.4 Å². The molecule has 6 heteroatoms. The Bertz CT molecular complexity index is 594. The Hall–Kier alpha value is -1.59. The van der Waals surface area contributed by atoms with E-state index >= 15 is 0 Å².